The van der Waals surface area contributed by atoms with Crippen LogP contribution >= 0.6 is 0 Å². The number of rotatable bonds is 6. The molecule has 0 spiro atoms. The summed E-state index contributed by atoms with van der Waals surface area (Å²) in [6.45, 7) is 7.32. The number of carbonyl (C=O) groups is 1. The van der Waals surface area contributed by atoms with Gasteiger partial charge >= 0.3 is 0 Å². The minimum absolute atomic E-state index is 0. The molecule has 1 aromatic rings. The van der Waals surface area contributed by atoms with Crippen molar-refractivity contribution in [3.63, 3.8) is 0 Å². The molecule has 1 amide bonds. The first kappa shape index (κ1) is 19.0. The van der Waals surface area contributed by atoms with Crippen molar-refractivity contribution in [1.29, 1.82) is 0 Å². The molecule has 1 rings (SSSR count). The van der Waals surface area contributed by atoms with E-state index in [0.29, 0.717) is 6.61 Å². The Morgan fingerprint density at radius 3 is 2.70 bits per heavy atom. The zero-order chi connectivity index (χ0) is 14.5. The van der Waals surface area contributed by atoms with Gasteiger partial charge in [0.05, 0.1) is 18.6 Å². The summed E-state index contributed by atoms with van der Waals surface area (Å²) in [5.41, 5.74) is -0.952. The molecule has 0 saturated heterocycles. The quantitative estimate of drug-likeness (QED) is 0.379. The van der Waals surface area contributed by atoms with E-state index in [1.165, 1.54) is 0 Å². The number of ether oxygens (including phenoxy) is 1. The average Bonchev–Trinajstić information content (AvgIpc) is 2.32. The number of hydrogen-bond acceptors (Lipinski definition) is 2. The first-order chi connectivity index (χ1) is 8.86. The molecule has 0 heterocycles. The summed E-state index contributed by atoms with van der Waals surface area (Å²) in [6, 6.07) is 4.04. The van der Waals surface area contributed by atoms with Gasteiger partial charge in [-0.15, -0.1) is 24.8 Å². The largest absolute Gasteiger partial charge is 0.376 e. The van der Waals surface area contributed by atoms with E-state index in [1.54, 1.807) is 19.9 Å². The molecule has 0 aliphatic carbocycles. The predicted octanol–water partition coefficient (Wildman–Crippen LogP) is 2.93. The van der Waals surface area contributed by atoms with Crippen LogP contribution in [-0.2, 0) is 31.2 Å². The van der Waals surface area contributed by atoms with Gasteiger partial charge < -0.3 is 10.1 Å². The average molecular weight is 316 g/mol. The summed E-state index contributed by atoms with van der Waals surface area (Å²) in [6.07, 6.45) is 1.57. The molecule has 0 saturated carbocycles. The fraction of sp³-hybridized carbons (Fsp3) is 0.357. The molecule has 0 fully saturated rings. The zero-order valence-corrected chi connectivity index (χ0v) is 13.0. The van der Waals surface area contributed by atoms with Gasteiger partial charge in [0, 0.05) is 33.4 Å². The van der Waals surface area contributed by atoms with Gasteiger partial charge in [-0.05, 0) is 19.5 Å². The molecule has 0 unspecified atom stereocenters. The SMILES string of the molecule is C=CCOCC(C)(C)C(=O)Nc1ccc(F)[c-]c1F.[Ti]. The second kappa shape index (κ2) is 8.30. The molecule has 6 heteroatoms. The van der Waals surface area contributed by atoms with Crippen LogP contribution in [0.4, 0.5) is 14.5 Å². The number of benzene rings is 1. The Hall–Kier alpha value is -1.04. The molecular weight excluding hydrogens is 300 g/mol. The number of hydrogen-bond donors (Lipinski definition) is 1. The molecule has 0 aliphatic heterocycles. The molecular formula is C14H16F2NO2Ti-. The van der Waals surface area contributed by atoms with Gasteiger partial charge in [0.1, 0.15) is 0 Å². The van der Waals surface area contributed by atoms with Crippen molar-refractivity contribution in [3.8, 4) is 0 Å². The maximum Gasteiger partial charge on any atom is 0.221 e. The van der Waals surface area contributed by atoms with Gasteiger partial charge in [0.15, 0.2) is 0 Å². The van der Waals surface area contributed by atoms with Crippen LogP contribution in [0, 0.1) is 23.1 Å². The molecule has 0 aromatic heterocycles. The summed E-state index contributed by atoms with van der Waals surface area (Å²) in [5, 5.41) is 2.39. The minimum atomic E-state index is -0.934. The fourth-order valence-electron chi connectivity index (χ4n) is 1.29. The van der Waals surface area contributed by atoms with Crippen LogP contribution < -0.4 is 5.32 Å². The first-order valence-corrected chi connectivity index (χ1v) is 5.74. The predicted molar refractivity (Wildman–Crippen MR) is 68.6 cm³/mol. The van der Waals surface area contributed by atoms with E-state index >= 15 is 0 Å². The van der Waals surface area contributed by atoms with Crippen LogP contribution in [0.2, 0.25) is 0 Å². The number of nitrogens with one attached hydrogen (secondary N) is 1. The number of amides is 1. The van der Waals surface area contributed by atoms with Crippen molar-refractivity contribution in [2.24, 2.45) is 5.41 Å². The summed E-state index contributed by atoms with van der Waals surface area (Å²) in [5.74, 6) is -2.17. The van der Waals surface area contributed by atoms with Crippen LogP contribution in [0.25, 0.3) is 0 Å². The van der Waals surface area contributed by atoms with E-state index in [-0.39, 0.29) is 34.0 Å². The van der Waals surface area contributed by atoms with Crippen molar-refractivity contribution >= 4 is 11.6 Å². The Labute approximate surface area is 132 Å². The van der Waals surface area contributed by atoms with E-state index in [4.69, 9.17) is 4.74 Å². The second-order valence-electron chi connectivity index (χ2n) is 4.68. The van der Waals surface area contributed by atoms with E-state index in [9.17, 15) is 13.6 Å². The summed E-state index contributed by atoms with van der Waals surface area (Å²) in [7, 11) is 0. The Balaban J connectivity index is 0.00000361. The number of halogens is 2. The van der Waals surface area contributed by atoms with Crippen molar-refractivity contribution < 1.29 is 40.0 Å². The summed E-state index contributed by atoms with van der Waals surface area (Å²) in [4.78, 5) is 12.0. The van der Waals surface area contributed by atoms with Gasteiger partial charge in [0.2, 0.25) is 5.91 Å². The minimum Gasteiger partial charge on any atom is -0.376 e. The summed E-state index contributed by atoms with van der Waals surface area (Å²) >= 11 is 0. The van der Waals surface area contributed by atoms with Crippen LogP contribution in [-0.4, -0.2) is 19.1 Å². The third-order valence-electron chi connectivity index (χ3n) is 2.42. The molecule has 0 bridgehead atoms. The molecule has 0 atom stereocenters. The zero-order valence-electron chi connectivity index (χ0n) is 11.4. The van der Waals surface area contributed by atoms with Gasteiger partial charge in [-0.1, -0.05) is 6.08 Å². The van der Waals surface area contributed by atoms with Crippen molar-refractivity contribution in [3.05, 3.63) is 42.5 Å². The van der Waals surface area contributed by atoms with Crippen molar-refractivity contribution in [2.45, 2.75) is 13.8 Å². The van der Waals surface area contributed by atoms with E-state index in [2.05, 4.69) is 11.9 Å². The molecule has 0 aliphatic rings. The van der Waals surface area contributed by atoms with Crippen molar-refractivity contribution in [1.82, 2.24) is 0 Å². The Morgan fingerprint density at radius 2 is 2.15 bits per heavy atom. The monoisotopic (exact) mass is 316 g/mol. The Kier molecular flexibility index (Phi) is 7.87. The van der Waals surface area contributed by atoms with E-state index in [1.807, 2.05) is 6.07 Å². The number of anilines is 1. The van der Waals surface area contributed by atoms with Gasteiger partial charge in [-0.2, -0.15) is 0 Å². The molecule has 0 radical (unpaired) electrons. The van der Waals surface area contributed by atoms with Crippen molar-refractivity contribution in [2.75, 3.05) is 18.5 Å². The first-order valence-electron chi connectivity index (χ1n) is 5.74. The molecule has 108 valence electrons. The maximum absolute atomic E-state index is 13.4. The number of carbonyl (C=O) groups excluding carboxylic acids is 1. The smallest absolute Gasteiger partial charge is 0.221 e. The van der Waals surface area contributed by atoms with Crippen LogP contribution in [0.15, 0.2) is 24.8 Å². The third kappa shape index (κ3) is 5.53. The van der Waals surface area contributed by atoms with E-state index < -0.39 is 23.0 Å². The topological polar surface area (TPSA) is 38.3 Å². The van der Waals surface area contributed by atoms with Gasteiger partial charge in [-0.25, -0.2) is 8.78 Å². The summed E-state index contributed by atoms with van der Waals surface area (Å²) < 4.78 is 31.3. The molecule has 1 N–H and O–H groups in total. The van der Waals surface area contributed by atoms with Crippen LogP contribution in [0.5, 0.6) is 0 Å². The van der Waals surface area contributed by atoms with E-state index in [0.717, 1.165) is 12.1 Å². The fourth-order valence-corrected chi connectivity index (χ4v) is 1.29. The Morgan fingerprint density at radius 1 is 1.50 bits per heavy atom. The standard InChI is InChI=1S/C14H16F2NO2.Ti/c1-4-7-19-9-14(2,3)13(18)17-12-6-5-10(15)8-11(12)16;/h4-6H,1,7,9H2,2-3H3,(H,17,18);/q-1;. The maximum atomic E-state index is 13.4. The van der Waals surface area contributed by atoms with Crippen LogP contribution in [0.3, 0.4) is 0 Å². The van der Waals surface area contributed by atoms with Crippen LogP contribution in [0.1, 0.15) is 13.8 Å². The molecule has 3 nitrogen and oxygen atoms in total. The normalized spacial score (nSPS) is 10.6. The Bertz CT molecular complexity index is 478. The van der Waals surface area contributed by atoms with Gasteiger partial charge in [-0.3, -0.25) is 4.79 Å². The third-order valence-corrected chi connectivity index (χ3v) is 2.42. The van der Waals surface area contributed by atoms with Gasteiger partial charge in [0.25, 0.3) is 0 Å². The molecule has 20 heavy (non-hydrogen) atoms. The second-order valence-corrected chi connectivity index (χ2v) is 4.68. The molecule has 1 aromatic carbocycles.